The van der Waals surface area contributed by atoms with Crippen LogP contribution in [-0.2, 0) is 0 Å². The molecule has 0 aromatic carbocycles. The Hall–Kier alpha value is -1.20. The van der Waals surface area contributed by atoms with Crippen molar-refractivity contribution in [2.45, 2.75) is 37.9 Å². The molecule has 0 amide bonds. The number of fused-ring (bicyclic) bond motifs is 1. The van der Waals surface area contributed by atoms with Gasteiger partial charge >= 0.3 is 0 Å². The lowest BCUT2D eigenvalue weighted by atomic mass is 10.0. The summed E-state index contributed by atoms with van der Waals surface area (Å²) in [4.78, 5) is 11.6. The van der Waals surface area contributed by atoms with Crippen LogP contribution in [0.25, 0.3) is 0 Å². The summed E-state index contributed by atoms with van der Waals surface area (Å²) in [5, 5.41) is 3.40. The van der Waals surface area contributed by atoms with E-state index in [0.717, 1.165) is 42.6 Å². The van der Waals surface area contributed by atoms with Gasteiger partial charge in [0.15, 0.2) is 0 Å². The van der Waals surface area contributed by atoms with Crippen molar-refractivity contribution >= 4 is 5.82 Å². The van der Waals surface area contributed by atoms with Gasteiger partial charge < -0.3 is 10.6 Å². The van der Waals surface area contributed by atoms with E-state index in [0.29, 0.717) is 0 Å². The van der Waals surface area contributed by atoms with E-state index in [1.54, 1.807) is 0 Å². The fraction of sp³-hybridized carbons (Fsp3) is 0.714. The molecule has 3 aliphatic rings. The minimum absolute atomic E-state index is 0.103. The lowest BCUT2D eigenvalue weighted by Gasteiger charge is -2.28. The van der Waals surface area contributed by atoms with Gasteiger partial charge in [-0.2, -0.15) is 0 Å². The molecular formula is C14H21N5. The lowest BCUT2D eigenvalue weighted by Crippen LogP contribution is -2.43. The zero-order chi connectivity index (χ0) is 12.8. The van der Waals surface area contributed by atoms with E-state index in [1.807, 2.05) is 12.4 Å². The average molecular weight is 259 g/mol. The third kappa shape index (κ3) is 2.21. The highest BCUT2D eigenvalue weighted by molar-refractivity contribution is 5.39. The first kappa shape index (κ1) is 11.6. The van der Waals surface area contributed by atoms with E-state index in [-0.39, 0.29) is 12.2 Å². The Morgan fingerprint density at radius 1 is 1.16 bits per heavy atom. The fourth-order valence-corrected chi connectivity index (χ4v) is 3.46. The first-order chi connectivity index (χ1) is 9.29. The Labute approximate surface area is 113 Å². The SMILES string of the molecule is NC1CCCC(c2cnc(N3CC4CC4C3)cn2)N1. The maximum absolute atomic E-state index is 5.94. The third-order valence-corrected chi connectivity index (χ3v) is 4.74. The van der Waals surface area contributed by atoms with Crippen molar-refractivity contribution in [1.29, 1.82) is 0 Å². The van der Waals surface area contributed by atoms with Crippen LogP contribution in [0.15, 0.2) is 12.4 Å². The monoisotopic (exact) mass is 259 g/mol. The maximum atomic E-state index is 5.94. The summed E-state index contributed by atoms with van der Waals surface area (Å²) in [6, 6.07) is 0.275. The third-order valence-electron chi connectivity index (χ3n) is 4.74. The van der Waals surface area contributed by atoms with Gasteiger partial charge in [-0.1, -0.05) is 0 Å². The van der Waals surface area contributed by atoms with Crippen LogP contribution in [0.5, 0.6) is 0 Å². The highest BCUT2D eigenvalue weighted by Crippen LogP contribution is 2.45. The Bertz CT molecular complexity index is 449. The van der Waals surface area contributed by atoms with E-state index in [2.05, 4.69) is 20.2 Å². The van der Waals surface area contributed by atoms with Gasteiger partial charge in [-0.3, -0.25) is 10.3 Å². The number of rotatable bonds is 2. The Morgan fingerprint density at radius 3 is 2.68 bits per heavy atom. The molecule has 0 radical (unpaired) electrons. The second-order valence-corrected chi connectivity index (χ2v) is 6.22. The van der Waals surface area contributed by atoms with Gasteiger partial charge in [-0.15, -0.1) is 0 Å². The zero-order valence-corrected chi connectivity index (χ0v) is 11.1. The molecule has 0 bridgehead atoms. The summed E-state index contributed by atoms with van der Waals surface area (Å²) in [6.07, 6.45) is 8.71. The minimum atomic E-state index is 0.103. The molecule has 19 heavy (non-hydrogen) atoms. The van der Waals surface area contributed by atoms with Gasteiger partial charge in [0, 0.05) is 13.1 Å². The molecule has 2 aliphatic heterocycles. The summed E-state index contributed by atoms with van der Waals surface area (Å²) in [6.45, 7) is 2.34. The molecule has 3 fully saturated rings. The molecular weight excluding hydrogens is 238 g/mol. The summed E-state index contributed by atoms with van der Waals surface area (Å²) in [5.74, 6) is 2.90. The maximum Gasteiger partial charge on any atom is 0.147 e. The zero-order valence-electron chi connectivity index (χ0n) is 11.1. The highest BCUT2D eigenvalue weighted by Gasteiger charge is 2.45. The number of nitrogens with zero attached hydrogens (tertiary/aromatic N) is 3. The van der Waals surface area contributed by atoms with Gasteiger partial charge in [0.05, 0.1) is 30.3 Å². The number of anilines is 1. The van der Waals surface area contributed by atoms with Crippen LogP contribution in [0, 0.1) is 11.8 Å². The summed E-state index contributed by atoms with van der Waals surface area (Å²) in [7, 11) is 0. The molecule has 102 valence electrons. The highest BCUT2D eigenvalue weighted by atomic mass is 15.2. The molecule has 3 heterocycles. The Balaban J connectivity index is 1.46. The lowest BCUT2D eigenvalue weighted by molar-refractivity contribution is 0.326. The molecule has 4 atom stereocenters. The van der Waals surface area contributed by atoms with Crippen molar-refractivity contribution in [2.75, 3.05) is 18.0 Å². The first-order valence-electron chi connectivity index (χ1n) is 7.38. The topological polar surface area (TPSA) is 67.1 Å². The van der Waals surface area contributed by atoms with Gasteiger partial charge in [0.25, 0.3) is 0 Å². The normalized spacial score (nSPS) is 37.2. The van der Waals surface area contributed by atoms with Gasteiger partial charge in [0.1, 0.15) is 5.82 Å². The summed E-state index contributed by atoms with van der Waals surface area (Å²) >= 11 is 0. The molecule has 5 heteroatoms. The molecule has 1 aromatic heterocycles. The van der Waals surface area contributed by atoms with Crippen LogP contribution in [-0.4, -0.2) is 29.2 Å². The van der Waals surface area contributed by atoms with Gasteiger partial charge in [-0.05, 0) is 37.5 Å². The van der Waals surface area contributed by atoms with E-state index < -0.39 is 0 Å². The molecule has 1 aromatic rings. The van der Waals surface area contributed by atoms with Crippen LogP contribution in [0.4, 0.5) is 5.82 Å². The number of aromatic nitrogens is 2. The minimum Gasteiger partial charge on any atom is -0.355 e. The van der Waals surface area contributed by atoms with Gasteiger partial charge in [-0.25, -0.2) is 4.98 Å². The second kappa shape index (κ2) is 4.42. The predicted molar refractivity (Wildman–Crippen MR) is 73.5 cm³/mol. The number of hydrogen-bond donors (Lipinski definition) is 2. The number of hydrogen-bond acceptors (Lipinski definition) is 5. The average Bonchev–Trinajstić information content (AvgIpc) is 3.05. The van der Waals surface area contributed by atoms with Crippen LogP contribution >= 0.6 is 0 Å². The predicted octanol–water partition coefficient (Wildman–Crippen LogP) is 1.03. The molecule has 0 spiro atoms. The summed E-state index contributed by atoms with van der Waals surface area (Å²) in [5.41, 5.74) is 6.98. The molecule has 5 nitrogen and oxygen atoms in total. The van der Waals surface area contributed by atoms with Crippen molar-refractivity contribution in [3.05, 3.63) is 18.1 Å². The van der Waals surface area contributed by atoms with Crippen LogP contribution in [0.2, 0.25) is 0 Å². The fourth-order valence-electron chi connectivity index (χ4n) is 3.46. The van der Waals surface area contributed by atoms with Crippen LogP contribution in [0.1, 0.15) is 37.4 Å². The molecule has 4 unspecified atom stereocenters. The molecule has 1 saturated carbocycles. The Morgan fingerprint density at radius 2 is 2.00 bits per heavy atom. The molecule has 1 aliphatic carbocycles. The van der Waals surface area contributed by atoms with E-state index >= 15 is 0 Å². The summed E-state index contributed by atoms with van der Waals surface area (Å²) < 4.78 is 0. The van der Waals surface area contributed by atoms with E-state index in [4.69, 9.17) is 5.73 Å². The van der Waals surface area contributed by atoms with Crippen LogP contribution < -0.4 is 16.0 Å². The molecule has 3 N–H and O–H groups in total. The van der Waals surface area contributed by atoms with E-state index in [9.17, 15) is 0 Å². The van der Waals surface area contributed by atoms with Crippen molar-refractivity contribution in [3.8, 4) is 0 Å². The largest absolute Gasteiger partial charge is 0.355 e. The van der Waals surface area contributed by atoms with Gasteiger partial charge in [0.2, 0.25) is 0 Å². The van der Waals surface area contributed by atoms with Crippen molar-refractivity contribution in [1.82, 2.24) is 15.3 Å². The number of piperidine rings is 2. The van der Waals surface area contributed by atoms with E-state index in [1.165, 1.54) is 19.5 Å². The first-order valence-corrected chi connectivity index (χ1v) is 7.38. The van der Waals surface area contributed by atoms with Crippen LogP contribution in [0.3, 0.4) is 0 Å². The number of nitrogens with two attached hydrogens (primary N) is 1. The van der Waals surface area contributed by atoms with Crippen molar-refractivity contribution < 1.29 is 0 Å². The van der Waals surface area contributed by atoms with Crippen molar-refractivity contribution in [3.63, 3.8) is 0 Å². The molecule has 2 saturated heterocycles. The second-order valence-electron chi connectivity index (χ2n) is 6.22. The quantitative estimate of drug-likeness (QED) is 0.830. The Kier molecular flexibility index (Phi) is 2.70. The van der Waals surface area contributed by atoms with Crippen molar-refractivity contribution in [2.24, 2.45) is 17.6 Å². The standard InChI is InChI=1S/C14H21N5/c15-13-3-1-2-11(18-13)12-5-17-14(6-16-12)19-7-9-4-10(9)8-19/h5-6,9-11,13,18H,1-4,7-8,15H2. The molecule has 4 rings (SSSR count). The smallest absolute Gasteiger partial charge is 0.147 e. The number of nitrogens with one attached hydrogen (secondary N) is 1.